The zero-order valence-electron chi connectivity index (χ0n) is 8.57. The molecular formula is C9H18N4O. The van der Waals surface area contributed by atoms with Crippen LogP contribution >= 0.6 is 0 Å². The van der Waals surface area contributed by atoms with Gasteiger partial charge in [-0.15, -0.1) is 0 Å². The zero-order valence-corrected chi connectivity index (χ0v) is 8.57. The molecule has 1 saturated heterocycles. The number of hydrogen-bond acceptors (Lipinski definition) is 3. The molecule has 0 amide bonds. The van der Waals surface area contributed by atoms with Gasteiger partial charge >= 0.3 is 0 Å². The van der Waals surface area contributed by atoms with Gasteiger partial charge in [-0.05, 0) is 6.42 Å². The molecule has 1 fully saturated rings. The summed E-state index contributed by atoms with van der Waals surface area (Å²) in [5.41, 5.74) is 12.0. The number of allylic oxidation sites excluding steroid dienone is 1. The molecule has 1 heterocycles. The summed E-state index contributed by atoms with van der Waals surface area (Å²) in [5.74, 6) is 0.534. The van der Waals surface area contributed by atoms with Crippen molar-refractivity contribution in [3.8, 4) is 0 Å². The molecule has 5 nitrogen and oxygen atoms in total. The third kappa shape index (κ3) is 2.92. The van der Waals surface area contributed by atoms with E-state index in [9.17, 15) is 0 Å². The van der Waals surface area contributed by atoms with Crippen LogP contribution in [0.4, 0.5) is 0 Å². The van der Waals surface area contributed by atoms with E-state index in [1.165, 1.54) is 6.20 Å². The number of ether oxygens (including phenoxy) is 1. The minimum atomic E-state index is 0.534. The summed E-state index contributed by atoms with van der Waals surface area (Å²) in [6.45, 7) is 5.02. The highest BCUT2D eigenvalue weighted by molar-refractivity contribution is 5.79. The Hall–Kier alpha value is -1.23. The third-order valence-electron chi connectivity index (χ3n) is 2.15. The van der Waals surface area contributed by atoms with Crippen molar-refractivity contribution in [2.75, 3.05) is 26.3 Å². The molecule has 0 radical (unpaired) electrons. The fourth-order valence-corrected chi connectivity index (χ4v) is 1.24. The number of rotatable bonds is 2. The van der Waals surface area contributed by atoms with E-state index in [1.807, 2.05) is 11.8 Å². The highest BCUT2D eigenvalue weighted by atomic mass is 16.5. The SMILES string of the molecule is CC/C(=C/N)N=C(N)N1CCOCC1. The van der Waals surface area contributed by atoms with Crippen molar-refractivity contribution in [2.45, 2.75) is 13.3 Å². The Kier molecular flexibility index (Phi) is 4.25. The second-order valence-corrected chi connectivity index (χ2v) is 3.08. The first-order chi connectivity index (χ1) is 6.77. The molecule has 1 aliphatic rings. The van der Waals surface area contributed by atoms with E-state index in [0.29, 0.717) is 19.2 Å². The highest BCUT2D eigenvalue weighted by Gasteiger charge is 2.12. The third-order valence-corrected chi connectivity index (χ3v) is 2.15. The quantitative estimate of drug-likeness (QED) is 0.477. The monoisotopic (exact) mass is 198 g/mol. The molecule has 0 atom stereocenters. The van der Waals surface area contributed by atoms with Crippen LogP contribution in [0.15, 0.2) is 16.9 Å². The summed E-state index contributed by atoms with van der Waals surface area (Å²) in [6.07, 6.45) is 2.29. The first-order valence-electron chi connectivity index (χ1n) is 4.85. The molecule has 0 unspecified atom stereocenters. The summed E-state index contributed by atoms with van der Waals surface area (Å²) < 4.78 is 5.22. The number of guanidine groups is 1. The van der Waals surface area contributed by atoms with E-state index >= 15 is 0 Å². The molecule has 80 valence electrons. The minimum Gasteiger partial charge on any atom is -0.403 e. The van der Waals surface area contributed by atoms with Gasteiger partial charge in [0.2, 0.25) is 0 Å². The van der Waals surface area contributed by atoms with Crippen LogP contribution in [0.5, 0.6) is 0 Å². The van der Waals surface area contributed by atoms with Gasteiger partial charge in [-0.1, -0.05) is 6.92 Å². The number of morpholine rings is 1. The number of aliphatic imine (C=N–C) groups is 1. The number of nitrogens with zero attached hydrogens (tertiary/aromatic N) is 2. The highest BCUT2D eigenvalue weighted by Crippen LogP contribution is 2.02. The van der Waals surface area contributed by atoms with Gasteiger partial charge in [0, 0.05) is 19.3 Å². The van der Waals surface area contributed by atoms with Crippen LogP contribution in [0, 0.1) is 0 Å². The first-order valence-corrected chi connectivity index (χ1v) is 4.85. The van der Waals surface area contributed by atoms with Crippen molar-refractivity contribution in [3.05, 3.63) is 11.9 Å². The summed E-state index contributed by atoms with van der Waals surface area (Å²) in [7, 11) is 0. The average Bonchev–Trinajstić information content (AvgIpc) is 2.26. The average molecular weight is 198 g/mol. The van der Waals surface area contributed by atoms with Crippen molar-refractivity contribution in [3.63, 3.8) is 0 Å². The van der Waals surface area contributed by atoms with Gasteiger partial charge in [0.15, 0.2) is 5.96 Å². The first kappa shape index (κ1) is 10.8. The topological polar surface area (TPSA) is 76.9 Å². The van der Waals surface area contributed by atoms with Gasteiger partial charge in [0.05, 0.1) is 18.9 Å². The molecule has 0 aliphatic carbocycles. The van der Waals surface area contributed by atoms with Gasteiger partial charge in [-0.25, -0.2) is 4.99 Å². The van der Waals surface area contributed by atoms with Crippen molar-refractivity contribution >= 4 is 5.96 Å². The Bertz CT molecular complexity index is 231. The van der Waals surface area contributed by atoms with E-state index in [2.05, 4.69) is 4.99 Å². The molecule has 0 aromatic heterocycles. The molecule has 0 bridgehead atoms. The second-order valence-electron chi connectivity index (χ2n) is 3.08. The maximum absolute atomic E-state index is 5.82. The van der Waals surface area contributed by atoms with E-state index in [0.717, 1.165) is 25.2 Å². The van der Waals surface area contributed by atoms with E-state index < -0.39 is 0 Å². The Balaban J connectivity index is 2.57. The molecule has 5 heteroatoms. The Morgan fingerprint density at radius 1 is 1.50 bits per heavy atom. The lowest BCUT2D eigenvalue weighted by atomic mass is 10.4. The summed E-state index contributed by atoms with van der Waals surface area (Å²) in [6, 6.07) is 0. The van der Waals surface area contributed by atoms with Gasteiger partial charge in [-0.2, -0.15) is 0 Å². The van der Waals surface area contributed by atoms with Crippen LogP contribution in [-0.4, -0.2) is 37.2 Å². The Morgan fingerprint density at radius 2 is 2.14 bits per heavy atom. The predicted molar refractivity (Wildman–Crippen MR) is 56.6 cm³/mol. The van der Waals surface area contributed by atoms with Gasteiger partial charge in [0.1, 0.15) is 0 Å². The molecule has 0 spiro atoms. The smallest absolute Gasteiger partial charge is 0.196 e. The van der Waals surface area contributed by atoms with Crippen LogP contribution in [0.25, 0.3) is 0 Å². The van der Waals surface area contributed by atoms with Crippen LogP contribution in [-0.2, 0) is 4.74 Å². The van der Waals surface area contributed by atoms with Gasteiger partial charge in [-0.3, -0.25) is 0 Å². The standard InChI is InChI=1S/C9H18N4O/c1-2-8(7-10)12-9(11)13-3-5-14-6-4-13/h7H,2-6,10H2,1H3,(H2,11,12)/b8-7-. The van der Waals surface area contributed by atoms with Crippen LogP contribution in [0.2, 0.25) is 0 Å². The fourth-order valence-electron chi connectivity index (χ4n) is 1.24. The second kappa shape index (κ2) is 5.49. The summed E-state index contributed by atoms with van der Waals surface area (Å²) >= 11 is 0. The molecule has 0 saturated carbocycles. The molecule has 4 N–H and O–H groups in total. The summed E-state index contributed by atoms with van der Waals surface area (Å²) in [5, 5.41) is 0. The van der Waals surface area contributed by atoms with E-state index in [-0.39, 0.29) is 0 Å². The normalized spacial score (nSPS) is 19.9. The van der Waals surface area contributed by atoms with E-state index in [1.54, 1.807) is 0 Å². The molecule has 14 heavy (non-hydrogen) atoms. The fraction of sp³-hybridized carbons (Fsp3) is 0.667. The molecular weight excluding hydrogens is 180 g/mol. The lowest BCUT2D eigenvalue weighted by Crippen LogP contribution is -2.44. The predicted octanol–water partition coefficient (Wildman–Crippen LogP) is -0.157. The summed E-state index contributed by atoms with van der Waals surface area (Å²) in [4.78, 5) is 6.24. The maximum Gasteiger partial charge on any atom is 0.196 e. The van der Waals surface area contributed by atoms with Gasteiger partial charge < -0.3 is 21.1 Å². The van der Waals surface area contributed by atoms with Crippen LogP contribution in [0.1, 0.15) is 13.3 Å². The van der Waals surface area contributed by atoms with Gasteiger partial charge in [0.25, 0.3) is 0 Å². The van der Waals surface area contributed by atoms with Crippen LogP contribution < -0.4 is 11.5 Å². The molecule has 1 aliphatic heterocycles. The largest absolute Gasteiger partial charge is 0.403 e. The molecule has 1 rings (SSSR count). The number of nitrogens with two attached hydrogens (primary N) is 2. The molecule has 0 aromatic rings. The Morgan fingerprint density at radius 3 is 2.64 bits per heavy atom. The van der Waals surface area contributed by atoms with E-state index in [4.69, 9.17) is 16.2 Å². The lowest BCUT2D eigenvalue weighted by molar-refractivity contribution is 0.0675. The zero-order chi connectivity index (χ0) is 10.4. The Labute approximate surface area is 84.4 Å². The van der Waals surface area contributed by atoms with Crippen molar-refractivity contribution < 1.29 is 4.74 Å². The van der Waals surface area contributed by atoms with Crippen LogP contribution in [0.3, 0.4) is 0 Å². The van der Waals surface area contributed by atoms with Crippen molar-refractivity contribution in [1.29, 1.82) is 0 Å². The van der Waals surface area contributed by atoms with Crippen molar-refractivity contribution in [2.24, 2.45) is 16.5 Å². The number of hydrogen-bond donors (Lipinski definition) is 2. The minimum absolute atomic E-state index is 0.534. The van der Waals surface area contributed by atoms with Crippen molar-refractivity contribution in [1.82, 2.24) is 4.90 Å². The maximum atomic E-state index is 5.82. The molecule has 0 aromatic carbocycles. The lowest BCUT2D eigenvalue weighted by Gasteiger charge is -2.27.